The molecule has 3 N–H and O–H groups in total. The third kappa shape index (κ3) is 3.85. The van der Waals surface area contributed by atoms with Gasteiger partial charge in [-0.15, -0.1) is 0 Å². The van der Waals surface area contributed by atoms with Gasteiger partial charge in [0.2, 0.25) is 5.91 Å². The molecule has 116 valence electrons. The number of amidine groups is 1. The third-order valence-electron chi connectivity index (χ3n) is 4.21. The van der Waals surface area contributed by atoms with E-state index in [0.717, 1.165) is 19.5 Å². The Hall–Kier alpha value is -1.30. The van der Waals surface area contributed by atoms with E-state index in [0.29, 0.717) is 19.1 Å². The maximum Gasteiger partial charge on any atom is 0.233 e. The van der Waals surface area contributed by atoms with Crippen molar-refractivity contribution in [1.29, 1.82) is 0 Å². The first-order valence-electron chi connectivity index (χ1n) is 7.42. The van der Waals surface area contributed by atoms with Crippen LogP contribution in [0.5, 0.6) is 0 Å². The summed E-state index contributed by atoms with van der Waals surface area (Å²) < 4.78 is 0. The van der Waals surface area contributed by atoms with Crippen LogP contribution in [-0.4, -0.2) is 59.0 Å². The highest BCUT2D eigenvalue weighted by molar-refractivity contribution is 6.02. The van der Waals surface area contributed by atoms with Crippen molar-refractivity contribution in [3.63, 3.8) is 0 Å². The zero-order valence-corrected chi connectivity index (χ0v) is 13.0. The van der Waals surface area contributed by atoms with Crippen LogP contribution in [0, 0.1) is 11.8 Å². The van der Waals surface area contributed by atoms with Gasteiger partial charge in [0.05, 0.1) is 0 Å². The molecule has 1 fully saturated rings. The van der Waals surface area contributed by atoms with Crippen LogP contribution in [0.1, 0.15) is 34.1 Å². The fraction of sp³-hybridized carbons (Fsp3) is 0.857. The SMILES string of the molecule is CCC(C)N1CCN(C(=O)C(C(N)=NO)C(C)C)CC1. The molecule has 2 atom stereocenters. The number of carbonyl (C=O) groups excluding carboxylic acids is 1. The minimum absolute atomic E-state index is 0.00866. The first-order valence-corrected chi connectivity index (χ1v) is 7.42. The van der Waals surface area contributed by atoms with Crippen molar-refractivity contribution in [1.82, 2.24) is 9.80 Å². The third-order valence-corrected chi connectivity index (χ3v) is 4.21. The fourth-order valence-corrected chi connectivity index (χ4v) is 2.65. The molecule has 20 heavy (non-hydrogen) atoms. The summed E-state index contributed by atoms with van der Waals surface area (Å²) in [5, 5.41) is 11.9. The van der Waals surface area contributed by atoms with Gasteiger partial charge in [-0.1, -0.05) is 25.9 Å². The zero-order valence-electron chi connectivity index (χ0n) is 13.0. The molecule has 2 unspecified atom stereocenters. The van der Waals surface area contributed by atoms with Crippen LogP contribution in [0.4, 0.5) is 0 Å². The van der Waals surface area contributed by atoms with E-state index in [-0.39, 0.29) is 17.7 Å². The number of piperazine rings is 1. The molecule has 0 radical (unpaired) electrons. The van der Waals surface area contributed by atoms with Crippen LogP contribution >= 0.6 is 0 Å². The lowest BCUT2D eigenvalue weighted by Gasteiger charge is -2.39. The molecule has 0 bridgehead atoms. The van der Waals surface area contributed by atoms with E-state index in [2.05, 4.69) is 23.9 Å². The first kappa shape index (κ1) is 16.8. The second kappa shape index (κ2) is 7.47. The lowest BCUT2D eigenvalue weighted by atomic mass is 9.93. The highest BCUT2D eigenvalue weighted by atomic mass is 16.4. The molecule has 0 spiro atoms. The molecule has 1 aliphatic rings. The molecule has 1 rings (SSSR count). The van der Waals surface area contributed by atoms with Gasteiger partial charge in [-0.2, -0.15) is 0 Å². The summed E-state index contributed by atoms with van der Waals surface area (Å²) in [6, 6.07) is 0.553. The summed E-state index contributed by atoms with van der Waals surface area (Å²) in [5.41, 5.74) is 5.66. The van der Waals surface area contributed by atoms with E-state index in [1.54, 1.807) is 0 Å². The molecule has 6 nitrogen and oxygen atoms in total. The quantitative estimate of drug-likeness (QED) is 0.341. The summed E-state index contributed by atoms with van der Waals surface area (Å²) >= 11 is 0. The summed E-state index contributed by atoms with van der Waals surface area (Å²) in [7, 11) is 0. The number of hydrogen-bond acceptors (Lipinski definition) is 4. The van der Waals surface area contributed by atoms with E-state index in [4.69, 9.17) is 10.9 Å². The van der Waals surface area contributed by atoms with Gasteiger partial charge in [0.25, 0.3) is 0 Å². The minimum Gasteiger partial charge on any atom is -0.409 e. The number of oxime groups is 1. The van der Waals surface area contributed by atoms with E-state index in [1.807, 2.05) is 18.7 Å². The summed E-state index contributed by atoms with van der Waals surface area (Å²) in [4.78, 5) is 16.8. The molecule has 0 aromatic rings. The number of nitrogens with zero attached hydrogens (tertiary/aromatic N) is 3. The standard InChI is InChI=1S/C14H28N4O2/c1-5-11(4)17-6-8-18(9-7-17)14(19)12(10(2)3)13(15)16-20/h10-12,20H,5-9H2,1-4H3,(H2,15,16). The van der Waals surface area contributed by atoms with Gasteiger partial charge < -0.3 is 15.8 Å². The monoisotopic (exact) mass is 284 g/mol. The van der Waals surface area contributed by atoms with Crippen LogP contribution < -0.4 is 5.73 Å². The Bertz CT molecular complexity index is 349. The lowest BCUT2D eigenvalue weighted by Crippen LogP contribution is -2.54. The van der Waals surface area contributed by atoms with Crippen LogP contribution in [0.3, 0.4) is 0 Å². The van der Waals surface area contributed by atoms with Crippen molar-refractivity contribution >= 4 is 11.7 Å². The molecule has 0 aliphatic carbocycles. The summed E-state index contributed by atoms with van der Waals surface area (Å²) in [6.45, 7) is 11.4. The fourth-order valence-electron chi connectivity index (χ4n) is 2.65. The van der Waals surface area contributed by atoms with Gasteiger partial charge in [0.15, 0.2) is 5.84 Å². The molecule has 0 saturated carbocycles. The molecular formula is C14H28N4O2. The van der Waals surface area contributed by atoms with E-state index in [9.17, 15) is 4.79 Å². The smallest absolute Gasteiger partial charge is 0.233 e. The number of hydrogen-bond donors (Lipinski definition) is 2. The Morgan fingerprint density at radius 2 is 1.80 bits per heavy atom. The van der Waals surface area contributed by atoms with Crippen LogP contribution in [0.25, 0.3) is 0 Å². The number of amides is 1. The van der Waals surface area contributed by atoms with Crippen molar-refractivity contribution in [2.24, 2.45) is 22.7 Å². The van der Waals surface area contributed by atoms with Crippen molar-refractivity contribution in [2.75, 3.05) is 26.2 Å². The van der Waals surface area contributed by atoms with Crippen LogP contribution in [0.2, 0.25) is 0 Å². The predicted octanol–water partition coefficient (Wildman–Crippen LogP) is 0.948. The highest BCUT2D eigenvalue weighted by Crippen LogP contribution is 2.17. The van der Waals surface area contributed by atoms with E-state index in [1.165, 1.54) is 0 Å². The maximum absolute atomic E-state index is 12.5. The molecule has 6 heteroatoms. The van der Waals surface area contributed by atoms with Gasteiger partial charge >= 0.3 is 0 Å². The van der Waals surface area contributed by atoms with Gasteiger partial charge in [-0.05, 0) is 19.3 Å². The molecule has 1 heterocycles. The Balaban J connectivity index is 2.65. The molecular weight excluding hydrogens is 256 g/mol. The van der Waals surface area contributed by atoms with Gasteiger partial charge in [0.1, 0.15) is 5.92 Å². The normalized spacial score (nSPS) is 21.1. The first-order chi connectivity index (χ1) is 9.42. The van der Waals surface area contributed by atoms with Crippen molar-refractivity contribution in [3.8, 4) is 0 Å². The Morgan fingerprint density at radius 1 is 1.25 bits per heavy atom. The maximum atomic E-state index is 12.5. The van der Waals surface area contributed by atoms with Gasteiger partial charge in [0, 0.05) is 32.2 Å². The van der Waals surface area contributed by atoms with Crippen LogP contribution in [-0.2, 0) is 4.79 Å². The molecule has 1 amide bonds. The van der Waals surface area contributed by atoms with Crippen molar-refractivity contribution in [2.45, 2.75) is 40.2 Å². The molecule has 1 saturated heterocycles. The Kier molecular flexibility index (Phi) is 6.26. The average Bonchev–Trinajstić information content (AvgIpc) is 2.46. The summed E-state index contributed by atoms with van der Waals surface area (Å²) in [6.07, 6.45) is 1.12. The topological polar surface area (TPSA) is 82.2 Å². The van der Waals surface area contributed by atoms with Gasteiger partial charge in [-0.25, -0.2) is 0 Å². The highest BCUT2D eigenvalue weighted by Gasteiger charge is 2.32. The lowest BCUT2D eigenvalue weighted by molar-refractivity contribution is -0.136. The van der Waals surface area contributed by atoms with Crippen LogP contribution in [0.15, 0.2) is 5.16 Å². The van der Waals surface area contributed by atoms with E-state index >= 15 is 0 Å². The molecule has 1 aliphatic heterocycles. The van der Waals surface area contributed by atoms with E-state index < -0.39 is 5.92 Å². The predicted molar refractivity (Wildman–Crippen MR) is 79.6 cm³/mol. The largest absolute Gasteiger partial charge is 0.409 e. The zero-order chi connectivity index (χ0) is 15.3. The Labute approximate surface area is 121 Å². The number of rotatable bonds is 5. The number of carbonyl (C=O) groups is 1. The Morgan fingerprint density at radius 3 is 2.20 bits per heavy atom. The molecule has 0 aromatic heterocycles. The average molecular weight is 284 g/mol. The number of nitrogens with two attached hydrogens (primary N) is 1. The van der Waals surface area contributed by atoms with Gasteiger partial charge in [-0.3, -0.25) is 9.69 Å². The second-order valence-corrected chi connectivity index (χ2v) is 5.87. The minimum atomic E-state index is -0.532. The van der Waals surface area contributed by atoms with Crippen molar-refractivity contribution < 1.29 is 10.0 Å². The molecule has 0 aromatic carbocycles. The summed E-state index contributed by atoms with van der Waals surface area (Å²) in [5.74, 6) is -0.533. The second-order valence-electron chi connectivity index (χ2n) is 5.87. The van der Waals surface area contributed by atoms with Crippen molar-refractivity contribution in [3.05, 3.63) is 0 Å².